The Balaban J connectivity index is 2.06. The summed E-state index contributed by atoms with van der Waals surface area (Å²) >= 11 is 3.58. The van der Waals surface area contributed by atoms with E-state index in [1.165, 1.54) is 5.56 Å². The molecule has 0 aliphatic rings. The summed E-state index contributed by atoms with van der Waals surface area (Å²) < 4.78 is 11.8. The van der Waals surface area contributed by atoms with Crippen LogP contribution in [0.1, 0.15) is 11.5 Å². The molecular weight excluding hydrogens is 308 g/mol. The van der Waals surface area contributed by atoms with Crippen LogP contribution >= 0.6 is 15.9 Å². The zero-order valence-corrected chi connectivity index (χ0v) is 12.7. The molecular formula is C14H17BrN2O2. The quantitative estimate of drug-likeness (QED) is 0.829. The molecule has 2 aromatic rings. The number of halogens is 1. The summed E-state index contributed by atoms with van der Waals surface area (Å²) in [5.74, 6) is 1.46. The number of rotatable bonds is 6. The third-order valence-electron chi connectivity index (χ3n) is 2.77. The van der Waals surface area contributed by atoms with Crippen LogP contribution in [-0.2, 0) is 11.3 Å². The molecule has 0 saturated heterocycles. The molecule has 0 atom stereocenters. The second-order valence-corrected chi connectivity index (χ2v) is 5.02. The van der Waals surface area contributed by atoms with Gasteiger partial charge in [-0.3, -0.25) is 0 Å². The van der Waals surface area contributed by atoms with Gasteiger partial charge in [0.15, 0.2) is 5.76 Å². The smallest absolute Gasteiger partial charge is 0.208 e. The molecule has 0 unspecified atom stereocenters. The Kier molecular flexibility index (Phi) is 5.13. The lowest BCUT2D eigenvalue weighted by atomic mass is 10.1. The standard InChI is InChI=1S/C14H17BrN2O2/c1-10-4-3-5-11(14(10)15)12-8-17-13(19-12)9-16-6-7-18-2/h3-5,8,16H,6-7,9H2,1-2H3. The fourth-order valence-corrected chi connectivity index (χ4v) is 2.18. The largest absolute Gasteiger partial charge is 0.439 e. The number of methoxy groups -OCH3 is 1. The lowest BCUT2D eigenvalue weighted by molar-refractivity contribution is 0.198. The topological polar surface area (TPSA) is 47.3 Å². The monoisotopic (exact) mass is 324 g/mol. The molecule has 1 N–H and O–H groups in total. The number of nitrogens with zero attached hydrogens (tertiary/aromatic N) is 1. The van der Waals surface area contributed by atoms with Crippen LogP contribution in [-0.4, -0.2) is 25.2 Å². The summed E-state index contributed by atoms with van der Waals surface area (Å²) in [6, 6.07) is 6.07. The SMILES string of the molecule is COCCNCc1ncc(-c2cccc(C)c2Br)o1. The maximum atomic E-state index is 5.74. The fraction of sp³-hybridized carbons (Fsp3) is 0.357. The number of nitrogens with one attached hydrogen (secondary N) is 1. The van der Waals surface area contributed by atoms with Gasteiger partial charge in [-0.25, -0.2) is 4.98 Å². The first-order chi connectivity index (χ1) is 9.22. The molecule has 19 heavy (non-hydrogen) atoms. The van der Waals surface area contributed by atoms with E-state index < -0.39 is 0 Å². The lowest BCUT2D eigenvalue weighted by Crippen LogP contribution is -2.18. The highest BCUT2D eigenvalue weighted by atomic mass is 79.9. The van der Waals surface area contributed by atoms with E-state index in [0.717, 1.165) is 22.3 Å². The molecule has 102 valence electrons. The fourth-order valence-electron chi connectivity index (χ4n) is 1.72. The molecule has 0 saturated carbocycles. The molecule has 0 radical (unpaired) electrons. The first-order valence-electron chi connectivity index (χ1n) is 6.12. The van der Waals surface area contributed by atoms with E-state index in [9.17, 15) is 0 Å². The third-order valence-corrected chi connectivity index (χ3v) is 3.82. The van der Waals surface area contributed by atoms with Crippen molar-refractivity contribution >= 4 is 15.9 Å². The van der Waals surface area contributed by atoms with Gasteiger partial charge in [-0.05, 0) is 28.4 Å². The van der Waals surface area contributed by atoms with Crippen molar-refractivity contribution in [1.29, 1.82) is 0 Å². The molecule has 0 bridgehead atoms. The Labute approximate surface area is 121 Å². The van der Waals surface area contributed by atoms with Crippen LogP contribution in [0, 0.1) is 6.92 Å². The summed E-state index contributed by atoms with van der Waals surface area (Å²) in [4.78, 5) is 4.27. The van der Waals surface area contributed by atoms with Crippen molar-refractivity contribution in [2.45, 2.75) is 13.5 Å². The molecule has 1 aromatic carbocycles. The molecule has 0 amide bonds. The zero-order chi connectivity index (χ0) is 13.7. The average Bonchev–Trinajstić information content (AvgIpc) is 2.87. The maximum Gasteiger partial charge on any atom is 0.208 e. The van der Waals surface area contributed by atoms with Crippen molar-refractivity contribution in [3.05, 3.63) is 40.3 Å². The van der Waals surface area contributed by atoms with Crippen molar-refractivity contribution in [3.8, 4) is 11.3 Å². The van der Waals surface area contributed by atoms with Crippen LogP contribution in [0.2, 0.25) is 0 Å². The normalized spacial score (nSPS) is 10.9. The number of oxazole rings is 1. The van der Waals surface area contributed by atoms with Gasteiger partial charge in [0.05, 0.1) is 19.3 Å². The number of hydrogen-bond acceptors (Lipinski definition) is 4. The third kappa shape index (κ3) is 3.65. The summed E-state index contributed by atoms with van der Waals surface area (Å²) in [6.07, 6.45) is 1.76. The Morgan fingerprint density at radius 3 is 3.05 bits per heavy atom. The van der Waals surface area contributed by atoms with Gasteiger partial charge in [0, 0.05) is 23.7 Å². The van der Waals surface area contributed by atoms with E-state index in [1.807, 2.05) is 12.1 Å². The second kappa shape index (κ2) is 6.84. The van der Waals surface area contributed by atoms with Crippen LogP contribution in [0.3, 0.4) is 0 Å². The Bertz CT molecular complexity index is 540. The highest BCUT2D eigenvalue weighted by molar-refractivity contribution is 9.10. The Morgan fingerprint density at radius 1 is 1.42 bits per heavy atom. The summed E-state index contributed by atoms with van der Waals surface area (Å²) in [6.45, 7) is 4.11. The molecule has 1 heterocycles. The number of hydrogen-bond donors (Lipinski definition) is 1. The second-order valence-electron chi connectivity index (χ2n) is 4.22. The van der Waals surface area contributed by atoms with Crippen molar-refractivity contribution in [2.24, 2.45) is 0 Å². The van der Waals surface area contributed by atoms with Crippen LogP contribution in [0.5, 0.6) is 0 Å². The van der Waals surface area contributed by atoms with Crippen LogP contribution < -0.4 is 5.32 Å². The Hall–Kier alpha value is -1.17. The molecule has 5 heteroatoms. The van der Waals surface area contributed by atoms with Crippen LogP contribution in [0.4, 0.5) is 0 Å². The molecule has 0 spiro atoms. The van der Waals surface area contributed by atoms with E-state index in [-0.39, 0.29) is 0 Å². The van der Waals surface area contributed by atoms with Crippen molar-refractivity contribution in [2.75, 3.05) is 20.3 Å². The van der Waals surface area contributed by atoms with E-state index in [4.69, 9.17) is 9.15 Å². The minimum absolute atomic E-state index is 0.604. The van der Waals surface area contributed by atoms with Crippen molar-refractivity contribution in [1.82, 2.24) is 10.3 Å². The van der Waals surface area contributed by atoms with Gasteiger partial charge < -0.3 is 14.5 Å². The van der Waals surface area contributed by atoms with E-state index >= 15 is 0 Å². The average molecular weight is 325 g/mol. The van der Waals surface area contributed by atoms with E-state index in [2.05, 4.69) is 39.2 Å². The minimum atomic E-state index is 0.604. The van der Waals surface area contributed by atoms with Crippen LogP contribution in [0.25, 0.3) is 11.3 Å². The highest BCUT2D eigenvalue weighted by Crippen LogP contribution is 2.30. The number of ether oxygens (including phenoxy) is 1. The summed E-state index contributed by atoms with van der Waals surface area (Å²) in [7, 11) is 1.68. The van der Waals surface area contributed by atoms with Gasteiger partial charge in [-0.1, -0.05) is 18.2 Å². The van der Waals surface area contributed by atoms with Gasteiger partial charge in [0.25, 0.3) is 0 Å². The minimum Gasteiger partial charge on any atom is -0.439 e. The van der Waals surface area contributed by atoms with Gasteiger partial charge in [-0.2, -0.15) is 0 Å². The first kappa shape index (κ1) is 14.2. The predicted octanol–water partition coefficient (Wildman–Crippen LogP) is 3.15. The van der Waals surface area contributed by atoms with Gasteiger partial charge in [0.2, 0.25) is 5.89 Å². The van der Waals surface area contributed by atoms with Gasteiger partial charge in [0.1, 0.15) is 0 Å². The zero-order valence-electron chi connectivity index (χ0n) is 11.1. The number of aromatic nitrogens is 1. The molecule has 1 aromatic heterocycles. The molecule has 0 aliphatic heterocycles. The van der Waals surface area contributed by atoms with E-state index in [0.29, 0.717) is 19.0 Å². The predicted molar refractivity (Wildman–Crippen MR) is 78.0 cm³/mol. The first-order valence-corrected chi connectivity index (χ1v) is 6.91. The summed E-state index contributed by atoms with van der Waals surface area (Å²) in [5, 5.41) is 3.20. The van der Waals surface area contributed by atoms with Gasteiger partial charge >= 0.3 is 0 Å². The van der Waals surface area contributed by atoms with Crippen molar-refractivity contribution in [3.63, 3.8) is 0 Å². The van der Waals surface area contributed by atoms with Crippen LogP contribution in [0.15, 0.2) is 33.3 Å². The molecule has 4 nitrogen and oxygen atoms in total. The molecule has 0 fully saturated rings. The Morgan fingerprint density at radius 2 is 2.26 bits per heavy atom. The highest BCUT2D eigenvalue weighted by Gasteiger charge is 2.10. The van der Waals surface area contributed by atoms with E-state index in [1.54, 1.807) is 13.3 Å². The van der Waals surface area contributed by atoms with Crippen molar-refractivity contribution < 1.29 is 9.15 Å². The van der Waals surface area contributed by atoms with Gasteiger partial charge in [-0.15, -0.1) is 0 Å². The molecule has 0 aliphatic carbocycles. The maximum absolute atomic E-state index is 5.74. The lowest BCUT2D eigenvalue weighted by Gasteiger charge is -2.03. The summed E-state index contributed by atoms with van der Waals surface area (Å²) in [5.41, 5.74) is 2.20. The number of benzene rings is 1. The molecule has 2 rings (SSSR count). The number of aryl methyl sites for hydroxylation is 1.